The van der Waals surface area contributed by atoms with Crippen molar-refractivity contribution >= 4 is 18.3 Å². The molecule has 5 nitrogen and oxygen atoms in total. The van der Waals surface area contributed by atoms with Crippen molar-refractivity contribution in [2.75, 3.05) is 19.6 Å². The lowest BCUT2D eigenvalue weighted by Gasteiger charge is -2.33. The lowest BCUT2D eigenvalue weighted by molar-refractivity contribution is 0.0648. The predicted octanol–water partition coefficient (Wildman–Crippen LogP) is 1.80. The van der Waals surface area contributed by atoms with Gasteiger partial charge in [0.25, 0.3) is 5.91 Å². The summed E-state index contributed by atoms with van der Waals surface area (Å²) in [4.78, 5) is 14.4. The summed E-state index contributed by atoms with van der Waals surface area (Å²) in [6.45, 7) is 12.8. The number of nitrogens with zero attached hydrogens (tertiary/aromatic N) is 3. The quantitative estimate of drug-likeness (QED) is 0.860. The van der Waals surface area contributed by atoms with E-state index in [4.69, 9.17) is 0 Å². The first-order valence-corrected chi connectivity index (χ1v) is 6.89. The highest BCUT2D eigenvalue weighted by Crippen LogP contribution is 2.18. The third-order valence-electron chi connectivity index (χ3n) is 3.50. The van der Waals surface area contributed by atoms with E-state index in [2.05, 4.69) is 38.1 Å². The summed E-state index contributed by atoms with van der Waals surface area (Å²) in [6, 6.07) is 2.11. The number of hydrogen-bond acceptors (Lipinski definition) is 3. The van der Waals surface area contributed by atoms with Crippen LogP contribution in [0.15, 0.2) is 6.07 Å². The Bertz CT molecular complexity index is 478. The van der Waals surface area contributed by atoms with E-state index in [1.807, 2.05) is 22.6 Å². The number of hydrogen-bond donors (Lipinski definition) is 1. The molecule has 1 atom stereocenters. The highest BCUT2D eigenvalue weighted by Gasteiger charge is 2.27. The Kier molecular flexibility index (Phi) is 5.21. The Morgan fingerprint density at radius 3 is 2.60 bits per heavy atom. The molecule has 20 heavy (non-hydrogen) atoms. The lowest BCUT2D eigenvalue weighted by atomic mass is 10.1. The minimum absolute atomic E-state index is 0. The highest BCUT2D eigenvalue weighted by atomic mass is 35.5. The summed E-state index contributed by atoms with van der Waals surface area (Å²) < 4.78 is 1.92. The molecule has 0 unspecified atom stereocenters. The molecular weight excluding hydrogens is 276 g/mol. The summed E-state index contributed by atoms with van der Waals surface area (Å²) in [5.74, 6) is 0.0418. The number of amides is 1. The van der Waals surface area contributed by atoms with Crippen molar-refractivity contribution in [1.29, 1.82) is 0 Å². The number of nitrogens with one attached hydrogen (secondary N) is 1. The molecule has 1 aliphatic rings. The number of halogens is 1. The van der Waals surface area contributed by atoms with Gasteiger partial charge in [-0.3, -0.25) is 9.48 Å². The van der Waals surface area contributed by atoms with Crippen LogP contribution in [-0.4, -0.2) is 46.3 Å². The van der Waals surface area contributed by atoms with E-state index >= 15 is 0 Å². The van der Waals surface area contributed by atoms with Gasteiger partial charge in [0.1, 0.15) is 0 Å². The van der Waals surface area contributed by atoms with E-state index in [1.54, 1.807) is 0 Å². The van der Waals surface area contributed by atoms with E-state index in [1.165, 1.54) is 0 Å². The summed E-state index contributed by atoms with van der Waals surface area (Å²) in [7, 11) is 0. The van der Waals surface area contributed by atoms with Gasteiger partial charge in [-0.15, -0.1) is 12.4 Å². The summed E-state index contributed by atoms with van der Waals surface area (Å²) >= 11 is 0. The van der Waals surface area contributed by atoms with Crippen molar-refractivity contribution in [1.82, 2.24) is 20.0 Å². The fourth-order valence-electron chi connectivity index (χ4n) is 2.55. The average Bonchev–Trinajstić information content (AvgIpc) is 2.71. The molecule has 0 radical (unpaired) electrons. The molecule has 6 heteroatoms. The molecule has 1 aromatic heterocycles. The summed E-state index contributed by atoms with van der Waals surface area (Å²) in [5, 5.41) is 7.79. The van der Waals surface area contributed by atoms with Gasteiger partial charge in [0, 0.05) is 31.4 Å². The molecular formula is C14H25ClN4O. The molecule has 0 spiro atoms. The zero-order chi connectivity index (χ0) is 14.2. The van der Waals surface area contributed by atoms with E-state index in [9.17, 15) is 4.79 Å². The maximum atomic E-state index is 12.5. The maximum Gasteiger partial charge on any atom is 0.274 e. The Balaban J connectivity index is 0.00000200. The van der Waals surface area contributed by atoms with Crippen LogP contribution in [0.25, 0.3) is 0 Å². The van der Waals surface area contributed by atoms with Gasteiger partial charge in [-0.1, -0.05) is 0 Å². The normalized spacial score (nSPS) is 19.6. The number of aryl methyl sites for hydroxylation is 1. The van der Waals surface area contributed by atoms with Gasteiger partial charge in [-0.25, -0.2) is 0 Å². The second-order valence-electron chi connectivity index (χ2n) is 6.31. The first-order valence-electron chi connectivity index (χ1n) is 6.89. The van der Waals surface area contributed by atoms with Gasteiger partial charge in [-0.05, 0) is 40.7 Å². The van der Waals surface area contributed by atoms with Gasteiger partial charge >= 0.3 is 0 Å². The fourth-order valence-corrected chi connectivity index (χ4v) is 2.55. The second-order valence-corrected chi connectivity index (χ2v) is 6.31. The lowest BCUT2D eigenvalue weighted by Crippen LogP contribution is -2.52. The monoisotopic (exact) mass is 300 g/mol. The minimum atomic E-state index is -0.0995. The third kappa shape index (κ3) is 3.33. The number of carbonyl (C=O) groups is 1. The van der Waals surface area contributed by atoms with Crippen molar-refractivity contribution in [3.05, 3.63) is 17.5 Å². The van der Waals surface area contributed by atoms with Crippen LogP contribution in [0.1, 0.15) is 43.9 Å². The van der Waals surface area contributed by atoms with Gasteiger partial charge in [0.2, 0.25) is 0 Å². The molecule has 1 fully saturated rings. The topological polar surface area (TPSA) is 50.2 Å². The summed E-state index contributed by atoms with van der Waals surface area (Å²) in [6.07, 6.45) is 0. The molecule has 2 heterocycles. The number of piperazine rings is 1. The molecule has 114 valence electrons. The van der Waals surface area contributed by atoms with Crippen molar-refractivity contribution in [3.63, 3.8) is 0 Å². The standard InChI is InChI=1S/C14H24N4O.ClH/c1-10-8-12(16-18(10)14(3,4)5)13(19)17-7-6-15-9-11(17)2;/h8,11,15H,6-7,9H2,1-5H3;1H/t11-;/m1./s1. The van der Waals surface area contributed by atoms with E-state index in [0.29, 0.717) is 5.69 Å². The van der Waals surface area contributed by atoms with Gasteiger partial charge < -0.3 is 10.2 Å². The van der Waals surface area contributed by atoms with E-state index in [0.717, 1.165) is 25.3 Å². The average molecular weight is 301 g/mol. The third-order valence-corrected chi connectivity index (χ3v) is 3.50. The van der Waals surface area contributed by atoms with Gasteiger partial charge in [0.15, 0.2) is 5.69 Å². The zero-order valence-corrected chi connectivity index (χ0v) is 13.8. The zero-order valence-electron chi connectivity index (χ0n) is 12.9. The molecule has 0 aliphatic carbocycles. The molecule has 0 bridgehead atoms. The van der Waals surface area contributed by atoms with Gasteiger partial charge in [-0.2, -0.15) is 5.10 Å². The van der Waals surface area contributed by atoms with Crippen molar-refractivity contribution in [2.45, 2.75) is 46.2 Å². The van der Waals surface area contributed by atoms with Crippen LogP contribution >= 0.6 is 12.4 Å². The second kappa shape index (κ2) is 6.14. The molecule has 1 amide bonds. The molecule has 1 N–H and O–H groups in total. The number of aromatic nitrogens is 2. The Morgan fingerprint density at radius 1 is 1.45 bits per heavy atom. The summed E-state index contributed by atoms with van der Waals surface area (Å²) in [5.41, 5.74) is 1.48. The molecule has 1 saturated heterocycles. The molecule has 0 aromatic carbocycles. The van der Waals surface area contributed by atoms with Crippen LogP contribution in [0.2, 0.25) is 0 Å². The smallest absolute Gasteiger partial charge is 0.274 e. The fraction of sp³-hybridized carbons (Fsp3) is 0.714. The number of rotatable bonds is 1. The first kappa shape index (κ1) is 17.0. The maximum absolute atomic E-state index is 12.5. The van der Waals surface area contributed by atoms with Crippen LogP contribution in [0, 0.1) is 6.92 Å². The van der Waals surface area contributed by atoms with Crippen molar-refractivity contribution < 1.29 is 4.79 Å². The largest absolute Gasteiger partial charge is 0.332 e. The van der Waals surface area contributed by atoms with Crippen LogP contribution < -0.4 is 5.32 Å². The van der Waals surface area contributed by atoms with E-state index < -0.39 is 0 Å². The van der Waals surface area contributed by atoms with Gasteiger partial charge in [0.05, 0.1) is 5.54 Å². The molecule has 1 aliphatic heterocycles. The van der Waals surface area contributed by atoms with Crippen LogP contribution in [0.4, 0.5) is 0 Å². The minimum Gasteiger partial charge on any atom is -0.332 e. The Hall–Kier alpha value is -1.07. The highest BCUT2D eigenvalue weighted by molar-refractivity contribution is 5.92. The van der Waals surface area contributed by atoms with Crippen LogP contribution in [0.3, 0.4) is 0 Å². The predicted molar refractivity (Wildman–Crippen MR) is 82.6 cm³/mol. The molecule has 2 rings (SSSR count). The Labute approximate surface area is 127 Å². The molecule has 1 aromatic rings. The Morgan fingerprint density at radius 2 is 2.10 bits per heavy atom. The van der Waals surface area contributed by atoms with Crippen LogP contribution in [-0.2, 0) is 5.54 Å². The molecule has 0 saturated carbocycles. The first-order chi connectivity index (χ1) is 8.80. The van der Waals surface area contributed by atoms with E-state index in [-0.39, 0.29) is 29.9 Å². The number of carbonyl (C=O) groups excluding carboxylic acids is 1. The SMILES string of the molecule is Cc1cc(C(=O)N2CCNC[C@H]2C)nn1C(C)(C)C.Cl. The van der Waals surface area contributed by atoms with Crippen molar-refractivity contribution in [3.8, 4) is 0 Å². The van der Waals surface area contributed by atoms with Crippen LogP contribution in [0.5, 0.6) is 0 Å². The van der Waals surface area contributed by atoms with Crippen molar-refractivity contribution in [2.24, 2.45) is 0 Å².